The fraction of sp³-hybridized carbons (Fsp3) is 0.214. The molecule has 0 saturated carbocycles. The van der Waals surface area contributed by atoms with Gasteiger partial charge < -0.3 is 19.9 Å². The number of nitrogens with zero attached hydrogens (tertiary/aromatic N) is 3. The van der Waals surface area contributed by atoms with Gasteiger partial charge in [-0.1, -0.05) is 29.5 Å². The second-order valence-corrected chi connectivity index (χ2v) is 8.35. The Bertz CT molecular complexity index is 1400. The van der Waals surface area contributed by atoms with Crippen LogP contribution in [0.1, 0.15) is 34.1 Å². The number of esters is 1. The van der Waals surface area contributed by atoms with E-state index in [1.165, 1.54) is 0 Å². The SMILES string of the molecule is CCOC(=O)c1ccc(NC(=O)OCc2cccc(-c3cc(Cn4cc(CN)nn4)ccc3OC)c2)cc1. The van der Waals surface area contributed by atoms with Gasteiger partial charge >= 0.3 is 12.1 Å². The molecule has 3 aromatic carbocycles. The van der Waals surface area contributed by atoms with Gasteiger partial charge in [-0.05, 0) is 66.1 Å². The normalized spacial score (nSPS) is 10.6. The number of amides is 1. The molecule has 4 aromatic rings. The molecule has 38 heavy (non-hydrogen) atoms. The standard InChI is InChI=1S/C28H29N5O5/c1-3-37-27(34)21-8-10-23(11-9-21)30-28(35)38-18-20-5-4-6-22(13-20)25-14-19(7-12-26(25)36-2)16-33-17-24(15-29)31-32-33/h4-14,17H,3,15-16,18,29H2,1-2H3,(H,30,35). The first-order valence-electron chi connectivity index (χ1n) is 12.0. The van der Waals surface area contributed by atoms with Crippen molar-refractivity contribution in [2.75, 3.05) is 19.0 Å². The van der Waals surface area contributed by atoms with Crippen molar-refractivity contribution in [1.29, 1.82) is 0 Å². The third-order valence-corrected chi connectivity index (χ3v) is 5.65. The van der Waals surface area contributed by atoms with Gasteiger partial charge in [0.2, 0.25) is 0 Å². The monoisotopic (exact) mass is 515 g/mol. The van der Waals surface area contributed by atoms with Crippen LogP contribution in [0.3, 0.4) is 0 Å². The van der Waals surface area contributed by atoms with Crippen LogP contribution in [0.2, 0.25) is 0 Å². The average Bonchev–Trinajstić information content (AvgIpc) is 3.40. The molecule has 0 aliphatic carbocycles. The lowest BCUT2D eigenvalue weighted by Crippen LogP contribution is -2.13. The van der Waals surface area contributed by atoms with Crippen molar-refractivity contribution in [3.63, 3.8) is 0 Å². The molecule has 3 N–H and O–H groups in total. The van der Waals surface area contributed by atoms with Crippen LogP contribution < -0.4 is 15.8 Å². The van der Waals surface area contributed by atoms with E-state index in [4.69, 9.17) is 19.9 Å². The third-order valence-electron chi connectivity index (χ3n) is 5.65. The molecule has 0 saturated heterocycles. The van der Waals surface area contributed by atoms with Crippen LogP contribution in [0.5, 0.6) is 5.75 Å². The Morgan fingerprint density at radius 3 is 2.53 bits per heavy atom. The Kier molecular flexibility index (Phi) is 8.68. The van der Waals surface area contributed by atoms with Crippen LogP contribution in [-0.2, 0) is 29.2 Å². The van der Waals surface area contributed by atoms with Crippen LogP contribution in [0.25, 0.3) is 11.1 Å². The summed E-state index contributed by atoms with van der Waals surface area (Å²) >= 11 is 0. The minimum Gasteiger partial charge on any atom is -0.496 e. The van der Waals surface area contributed by atoms with E-state index < -0.39 is 12.1 Å². The minimum absolute atomic E-state index is 0.0728. The van der Waals surface area contributed by atoms with Gasteiger partial charge in [-0.3, -0.25) is 5.32 Å². The van der Waals surface area contributed by atoms with E-state index in [1.807, 2.05) is 48.7 Å². The van der Waals surface area contributed by atoms with Crippen molar-refractivity contribution in [2.45, 2.75) is 26.6 Å². The summed E-state index contributed by atoms with van der Waals surface area (Å²) in [5.74, 6) is 0.305. The largest absolute Gasteiger partial charge is 0.496 e. The topological polar surface area (TPSA) is 131 Å². The predicted molar refractivity (Wildman–Crippen MR) is 142 cm³/mol. The van der Waals surface area contributed by atoms with Gasteiger partial charge in [0.1, 0.15) is 12.4 Å². The summed E-state index contributed by atoms with van der Waals surface area (Å²) in [6.45, 7) is 2.98. The van der Waals surface area contributed by atoms with E-state index >= 15 is 0 Å². The summed E-state index contributed by atoms with van der Waals surface area (Å²) in [6.07, 6.45) is 1.21. The number of nitrogens with two attached hydrogens (primary N) is 1. The number of aromatic nitrogens is 3. The fourth-order valence-corrected chi connectivity index (χ4v) is 3.81. The smallest absolute Gasteiger partial charge is 0.411 e. The van der Waals surface area contributed by atoms with Crippen molar-refractivity contribution >= 4 is 17.7 Å². The van der Waals surface area contributed by atoms with Crippen LogP contribution in [0, 0.1) is 0 Å². The number of nitrogens with one attached hydrogen (secondary N) is 1. The van der Waals surface area contributed by atoms with Crippen LogP contribution >= 0.6 is 0 Å². The van der Waals surface area contributed by atoms with Crippen LogP contribution in [-0.4, -0.2) is 40.8 Å². The summed E-state index contributed by atoms with van der Waals surface area (Å²) in [5.41, 5.74) is 10.9. The average molecular weight is 516 g/mol. The molecule has 0 bridgehead atoms. The molecule has 0 radical (unpaired) electrons. The maximum Gasteiger partial charge on any atom is 0.411 e. The first-order valence-corrected chi connectivity index (χ1v) is 12.0. The van der Waals surface area contributed by atoms with E-state index in [0.717, 1.165) is 33.7 Å². The number of ether oxygens (including phenoxy) is 3. The molecule has 0 unspecified atom stereocenters. The molecule has 0 spiro atoms. The van der Waals surface area contributed by atoms with E-state index in [1.54, 1.807) is 43.0 Å². The molecule has 1 amide bonds. The molecule has 10 heteroatoms. The summed E-state index contributed by atoms with van der Waals surface area (Å²) < 4.78 is 17.7. The number of hydrogen-bond donors (Lipinski definition) is 2. The van der Waals surface area contributed by atoms with Gasteiger partial charge in [-0.2, -0.15) is 0 Å². The number of hydrogen-bond acceptors (Lipinski definition) is 8. The molecular formula is C28H29N5O5. The first kappa shape index (κ1) is 26.4. The summed E-state index contributed by atoms with van der Waals surface area (Å²) in [6, 6.07) is 20.0. The third kappa shape index (κ3) is 6.74. The zero-order valence-corrected chi connectivity index (χ0v) is 21.2. The lowest BCUT2D eigenvalue weighted by atomic mass is 10.00. The molecule has 196 valence electrons. The lowest BCUT2D eigenvalue weighted by Gasteiger charge is -2.13. The Hall–Kier alpha value is -4.70. The maximum atomic E-state index is 12.3. The molecule has 0 atom stereocenters. The molecule has 0 aliphatic rings. The minimum atomic E-state index is -0.608. The second-order valence-electron chi connectivity index (χ2n) is 8.35. The summed E-state index contributed by atoms with van der Waals surface area (Å²) in [5, 5.41) is 10.8. The van der Waals surface area contributed by atoms with Crippen LogP contribution in [0.15, 0.2) is 72.9 Å². The zero-order chi connectivity index (χ0) is 26.9. The zero-order valence-electron chi connectivity index (χ0n) is 21.2. The number of carbonyl (C=O) groups excluding carboxylic acids is 2. The molecule has 4 rings (SSSR count). The molecule has 1 heterocycles. The molecule has 10 nitrogen and oxygen atoms in total. The van der Waals surface area contributed by atoms with Gasteiger partial charge in [0.05, 0.1) is 37.7 Å². The van der Waals surface area contributed by atoms with E-state index in [-0.39, 0.29) is 6.61 Å². The highest BCUT2D eigenvalue weighted by atomic mass is 16.5. The highest BCUT2D eigenvalue weighted by Crippen LogP contribution is 2.32. The Balaban J connectivity index is 1.41. The highest BCUT2D eigenvalue weighted by Gasteiger charge is 2.11. The van der Waals surface area contributed by atoms with Gasteiger partial charge in [0, 0.05) is 17.8 Å². The highest BCUT2D eigenvalue weighted by molar-refractivity contribution is 5.91. The Labute approximate surface area is 220 Å². The van der Waals surface area contributed by atoms with Crippen molar-refractivity contribution in [1.82, 2.24) is 15.0 Å². The van der Waals surface area contributed by atoms with E-state index in [2.05, 4.69) is 15.6 Å². The molecular weight excluding hydrogens is 486 g/mol. The number of anilines is 1. The van der Waals surface area contributed by atoms with E-state index in [0.29, 0.717) is 30.9 Å². The van der Waals surface area contributed by atoms with Crippen molar-refractivity contribution in [2.24, 2.45) is 5.73 Å². The molecule has 1 aromatic heterocycles. The number of rotatable bonds is 10. The second kappa shape index (κ2) is 12.5. The van der Waals surface area contributed by atoms with Crippen molar-refractivity contribution < 1.29 is 23.8 Å². The summed E-state index contributed by atoms with van der Waals surface area (Å²) in [4.78, 5) is 24.1. The van der Waals surface area contributed by atoms with Gasteiger partial charge in [0.15, 0.2) is 0 Å². The predicted octanol–water partition coefficient (Wildman–Crippen LogP) is 4.39. The number of carbonyl (C=O) groups is 2. The quantitative estimate of drug-likeness (QED) is 0.298. The maximum absolute atomic E-state index is 12.3. The van der Waals surface area contributed by atoms with Crippen molar-refractivity contribution in [3.05, 3.63) is 95.3 Å². The fourth-order valence-electron chi connectivity index (χ4n) is 3.81. The van der Waals surface area contributed by atoms with Gasteiger partial charge in [-0.15, -0.1) is 5.10 Å². The van der Waals surface area contributed by atoms with E-state index in [9.17, 15) is 9.59 Å². The summed E-state index contributed by atoms with van der Waals surface area (Å²) in [7, 11) is 1.63. The van der Waals surface area contributed by atoms with Gasteiger partial charge in [-0.25, -0.2) is 14.3 Å². The lowest BCUT2D eigenvalue weighted by molar-refractivity contribution is 0.0526. The molecule has 0 aliphatic heterocycles. The first-order chi connectivity index (χ1) is 18.5. The Morgan fingerprint density at radius 2 is 1.82 bits per heavy atom. The Morgan fingerprint density at radius 1 is 1.00 bits per heavy atom. The van der Waals surface area contributed by atoms with Crippen molar-refractivity contribution in [3.8, 4) is 16.9 Å². The number of benzene rings is 3. The number of methoxy groups -OCH3 is 1. The van der Waals surface area contributed by atoms with Crippen LogP contribution in [0.4, 0.5) is 10.5 Å². The molecule has 0 fully saturated rings. The van der Waals surface area contributed by atoms with Gasteiger partial charge in [0.25, 0.3) is 0 Å².